The number of carbonyl (C=O) groups excluding carboxylic acids is 1. The molecule has 9 heteroatoms. The Balaban J connectivity index is 1.43. The Labute approximate surface area is 213 Å². The van der Waals surface area contributed by atoms with Crippen LogP contribution < -0.4 is 5.73 Å². The number of hydrogen-bond donors (Lipinski definition) is 1. The normalized spacial score (nSPS) is 17.1. The first-order valence-corrected chi connectivity index (χ1v) is 12.7. The number of benzene rings is 2. The van der Waals surface area contributed by atoms with Crippen molar-refractivity contribution in [2.75, 3.05) is 6.54 Å². The van der Waals surface area contributed by atoms with Crippen molar-refractivity contribution in [3.8, 4) is 17.5 Å². The summed E-state index contributed by atoms with van der Waals surface area (Å²) >= 11 is 1.57. The first kappa shape index (κ1) is 23.9. The molecule has 0 radical (unpaired) electrons. The number of nitrogens with two attached hydrogens (primary N) is 1. The van der Waals surface area contributed by atoms with E-state index in [1.54, 1.807) is 29.5 Å². The van der Waals surface area contributed by atoms with Gasteiger partial charge in [-0.05, 0) is 56.9 Å². The summed E-state index contributed by atoms with van der Waals surface area (Å²) < 4.78 is 5.97. The maximum Gasteiger partial charge on any atom is 0.254 e. The SMILES string of the molecule is Cc1csc([C@H]2CCCN2C(=O)c2cc(C#N)cc(-c3nnc([C@](C)(N)Cc4ccccc4)o3)c2)n1. The topological polar surface area (TPSA) is 122 Å². The van der Waals surface area contributed by atoms with Crippen LogP contribution in [0.5, 0.6) is 0 Å². The molecule has 4 aromatic rings. The number of thiazole rings is 1. The minimum Gasteiger partial charge on any atom is -0.419 e. The maximum atomic E-state index is 13.6. The predicted molar refractivity (Wildman–Crippen MR) is 136 cm³/mol. The Morgan fingerprint density at radius 3 is 2.81 bits per heavy atom. The standard InChI is InChI=1S/C27H26N6O2S/c1-17-16-36-24(30-17)22-9-6-10-33(22)25(34)21-12-19(15-28)11-20(13-21)23-31-32-26(35-23)27(2,29)14-18-7-4-3-5-8-18/h3-5,7-8,11-13,16,22H,6,9-10,14,29H2,1-2H3/t22-,27-/m1/s1. The summed E-state index contributed by atoms with van der Waals surface area (Å²) in [5.41, 5.74) is 8.92. The van der Waals surface area contributed by atoms with Gasteiger partial charge < -0.3 is 15.1 Å². The number of nitrogens with zero attached hydrogens (tertiary/aromatic N) is 5. The molecule has 1 aliphatic heterocycles. The van der Waals surface area contributed by atoms with Gasteiger partial charge in [0.2, 0.25) is 11.8 Å². The molecule has 0 aliphatic carbocycles. The third-order valence-electron chi connectivity index (χ3n) is 6.32. The van der Waals surface area contributed by atoms with E-state index in [1.165, 1.54) is 0 Å². The van der Waals surface area contributed by atoms with Gasteiger partial charge >= 0.3 is 0 Å². The van der Waals surface area contributed by atoms with Gasteiger partial charge in [0.1, 0.15) is 5.01 Å². The van der Waals surface area contributed by atoms with Gasteiger partial charge in [0.15, 0.2) is 0 Å². The Bertz CT molecular complexity index is 1440. The Hall–Kier alpha value is -3.87. The molecule has 1 amide bonds. The van der Waals surface area contributed by atoms with E-state index in [9.17, 15) is 10.1 Å². The largest absolute Gasteiger partial charge is 0.419 e. The van der Waals surface area contributed by atoms with Crippen molar-refractivity contribution in [3.63, 3.8) is 0 Å². The van der Waals surface area contributed by atoms with Gasteiger partial charge in [-0.3, -0.25) is 4.79 Å². The molecule has 0 unspecified atom stereocenters. The molecule has 5 rings (SSSR count). The van der Waals surface area contributed by atoms with Gasteiger partial charge in [0.05, 0.1) is 23.2 Å². The number of hydrogen-bond acceptors (Lipinski definition) is 8. The zero-order chi connectivity index (χ0) is 25.3. The van der Waals surface area contributed by atoms with Gasteiger partial charge in [-0.25, -0.2) is 4.98 Å². The quantitative estimate of drug-likeness (QED) is 0.406. The van der Waals surface area contributed by atoms with Crippen LogP contribution in [0.4, 0.5) is 0 Å². The van der Waals surface area contributed by atoms with Gasteiger partial charge in [0.25, 0.3) is 5.91 Å². The second-order valence-electron chi connectivity index (χ2n) is 9.39. The fourth-order valence-electron chi connectivity index (χ4n) is 4.56. The van der Waals surface area contributed by atoms with Gasteiger partial charge in [-0.15, -0.1) is 21.5 Å². The van der Waals surface area contributed by atoms with Crippen LogP contribution in [0.1, 0.15) is 63.9 Å². The summed E-state index contributed by atoms with van der Waals surface area (Å²) in [7, 11) is 0. The van der Waals surface area contributed by atoms with E-state index in [-0.39, 0.29) is 23.7 Å². The van der Waals surface area contributed by atoms with Crippen LogP contribution in [0.15, 0.2) is 58.3 Å². The van der Waals surface area contributed by atoms with Crippen molar-refractivity contribution in [1.29, 1.82) is 5.26 Å². The van der Waals surface area contributed by atoms with Crippen LogP contribution in [0.2, 0.25) is 0 Å². The highest BCUT2D eigenvalue weighted by Crippen LogP contribution is 2.35. The van der Waals surface area contributed by atoms with Crippen molar-refractivity contribution < 1.29 is 9.21 Å². The minimum atomic E-state index is -0.882. The molecule has 36 heavy (non-hydrogen) atoms. The molecule has 1 saturated heterocycles. The van der Waals surface area contributed by atoms with Crippen molar-refractivity contribution >= 4 is 17.2 Å². The first-order chi connectivity index (χ1) is 17.3. The molecule has 0 saturated carbocycles. The zero-order valence-corrected chi connectivity index (χ0v) is 21.0. The second-order valence-corrected chi connectivity index (χ2v) is 10.3. The van der Waals surface area contributed by atoms with Crippen molar-refractivity contribution in [1.82, 2.24) is 20.1 Å². The molecule has 2 aromatic carbocycles. The Morgan fingerprint density at radius 1 is 1.28 bits per heavy atom. The number of amides is 1. The molecule has 182 valence electrons. The Morgan fingerprint density at radius 2 is 2.08 bits per heavy atom. The van der Waals surface area contributed by atoms with E-state index >= 15 is 0 Å². The van der Waals surface area contributed by atoms with Crippen molar-refractivity contribution in [3.05, 3.63) is 87.2 Å². The monoisotopic (exact) mass is 498 g/mol. The second kappa shape index (κ2) is 9.64. The van der Waals surface area contributed by atoms with E-state index in [0.29, 0.717) is 29.7 Å². The molecule has 1 fully saturated rings. The summed E-state index contributed by atoms with van der Waals surface area (Å²) in [6.45, 7) is 4.43. The van der Waals surface area contributed by atoms with E-state index in [4.69, 9.17) is 10.2 Å². The maximum absolute atomic E-state index is 13.6. The number of rotatable bonds is 6. The lowest BCUT2D eigenvalue weighted by molar-refractivity contribution is 0.0735. The lowest BCUT2D eigenvalue weighted by Gasteiger charge is -2.23. The third kappa shape index (κ3) is 4.78. The van der Waals surface area contributed by atoms with E-state index < -0.39 is 5.54 Å². The van der Waals surface area contributed by atoms with Crippen LogP contribution >= 0.6 is 11.3 Å². The fourth-order valence-corrected chi connectivity index (χ4v) is 5.51. The van der Waals surface area contributed by atoms with Crippen LogP contribution in [0.25, 0.3) is 11.5 Å². The predicted octanol–water partition coefficient (Wildman–Crippen LogP) is 4.77. The highest BCUT2D eigenvalue weighted by Gasteiger charge is 2.33. The molecular formula is C27H26N6O2S. The lowest BCUT2D eigenvalue weighted by atomic mass is 9.94. The summed E-state index contributed by atoms with van der Waals surface area (Å²) in [4.78, 5) is 20.0. The van der Waals surface area contributed by atoms with Crippen LogP contribution in [0.3, 0.4) is 0 Å². The van der Waals surface area contributed by atoms with Gasteiger partial charge in [-0.2, -0.15) is 5.26 Å². The molecule has 3 heterocycles. The van der Waals surface area contributed by atoms with Crippen LogP contribution in [-0.2, 0) is 12.0 Å². The number of nitriles is 1. The minimum absolute atomic E-state index is 0.0590. The highest BCUT2D eigenvalue weighted by atomic mass is 32.1. The Kier molecular flexibility index (Phi) is 6.39. The molecule has 0 bridgehead atoms. The zero-order valence-electron chi connectivity index (χ0n) is 20.1. The molecule has 0 spiro atoms. The molecule has 2 N–H and O–H groups in total. The molecular weight excluding hydrogens is 472 g/mol. The summed E-state index contributed by atoms with van der Waals surface area (Å²) in [6.07, 6.45) is 2.29. The van der Waals surface area contributed by atoms with Crippen molar-refractivity contribution in [2.24, 2.45) is 5.73 Å². The van der Waals surface area contributed by atoms with E-state index in [0.717, 1.165) is 29.1 Å². The van der Waals surface area contributed by atoms with Gasteiger partial charge in [0, 0.05) is 28.7 Å². The van der Waals surface area contributed by atoms with Crippen LogP contribution in [0, 0.1) is 18.3 Å². The van der Waals surface area contributed by atoms with Crippen molar-refractivity contribution in [2.45, 2.75) is 44.7 Å². The first-order valence-electron chi connectivity index (χ1n) is 11.8. The number of aromatic nitrogens is 3. The molecule has 1 aliphatic rings. The molecule has 8 nitrogen and oxygen atoms in total. The summed E-state index contributed by atoms with van der Waals surface area (Å²) in [5, 5.41) is 21.0. The molecule has 2 atom stereocenters. The van der Waals surface area contributed by atoms with E-state index in [2.05, 4.69) is 21.3 Å². The fraction of sp³-hybridized carbons (Fsp3) is 0.296. The van der Waals surface area contributed by atoms with E-state index in [1.807, 2.05) is 54.5 Å². The average Bonchev–Trinajstić information content (AvgIpc) is 3.64. The number of carbonyl (C=O) groups is 1. The lowest BCUT2D eigenvalue weighted by Crippen LogP contribution is -2.35. The summed E-state index contributed by atoms with van der Waals surface area (Å²) in [5.74, 6) is 0.362. The van der Waals surface area contributed by atoms with Crippen LogP contribution in [-0.4, -0.2) is 32.5 Å². The molecule has 2 aromatic heterocycles. The van der Waals surface area contributed by atoms with Gasteiger partial charge in [-0.1, -0.05) is 30.3 Å². The summed E-state index contributed by atoms with van der Waals surface area (Å²) in [6, 6.07) is 16.9. The average molecular weight is 499 g/mol. The number of likely N-dealkylation sites (tertiary alicyclic amines) is 1. The third-order valence-corrected chi connectivity index (χ3v) is 7.38. The smallest absolute Gasteiger partial charge is 0.254 e. The highest BCUT2D eigenvalue weighted by molar-refractivity contribution is 7.09. The number of aryl methyl sites for hydroxylation is 1.